The molecule has 0 bridgehead atoms. The summed E-state index contributed by atoms with van der Waals surface area (Å²) in [6.45, 7) is 1.26. The fourth-order valence-electron chi connectivity index (χ4n) is 1.74. The molecule has 0 aliphatic heterocycles. The Kier molecular flexibility index (Phi) is 5.79. The number of amides is 1. The van der Waals surface area contributed by atoms with Crippen LogP contribution in [0.2, 0.25) is 0 Å². The molecule has 7 heteroatoms. The summed E-state index contributed by atoms with van der Waals surface area (Å²) < 4.78 is 18.5. The Bertz CT molecular complexity index is 636. The summed E-state index contributed by atoms with van der Waals surface area (Å²) >= 11 is 0. The molecule has 2 N–H and O–H groups in total. The fraction of sp³-hybridized carbons (Fsp3) is 0.267. The van der Waals surface area contributed by atoms with E-state index in [1.807, 2.05) is 0 Å². The van der Waals surface area contributed by atoms with E-state index in [1.165, 1.54) is 24.4 Å². The third-order valence-electron chi connectivity index (χ3n) is 2.82. The number of halogens is 1. The number of para-hydroxylation sites is 1. The second-order valence-corrected chi connectivity index (χ2v) is 4.47. The Morgan fingerprint density at radius 2 is 2.14 bits per heavy atom. The monoisotopic (exact) mass is 304 g/mol. The lowest BCUT2D eigenvalue weighted by Crippen LogP contribution is -2.16. The molecule has 2 aromatic rings. The third kappa shape index (κ3) is 4.49. The lowest BCUT2D eigenvalue weighted by Gasteiger charge is -2.07. The Morgan fingerprint density at radius 3 is 2.91 bits per heavy atom. The van der Waals surface area contributed by atoms with Gasteiger partial charge in [-0.3, -0.25) is 4.79 Å². The minimum atomic E-state index is -0.497. The number of nitrogens with one attached hydrogen (secondary N) is 2. The molecule has 1 aromatic heterocycles. The Morgan fingerprint density at radius 1 is 1.32 bits per heavy atom. The van der Waals surface area contributed by atoms with Gasteiger partial charge >= 0.3 is 0 Å². The van der Waals surface area contributed by atoms with Gasteiger partial charge in [0.2, 0.25) is 5.95 Å². The van der Waals surface area contributed by atoms with Crippen molar-refractivity contribution in [3.8, 4) is 0 Å². The number of ether oxygens (including phenoxy) is 1. The largest absolute Gasteiger partial charge is 0.385 e. The molecule has 1 heterocycles. The molecule has 0 atom stereocenters. The maximum atomic E-state index is 13.5. The number of carbonyl (C=O) groups is 1. The van der Waals surface area contributed by atoms with Crippen molar-refractivity contribution in [3.05, 3.63) is 48.0 Å². The number of hydrogen-bond donors (Lipinski definition) is 2. The highest BCUT2D eigenvalue weighted by Crippen LogP contribution is 2.13. The van der Waals surface area contributed by atoms with E-state index >= 15 is 0 Å². The van der Waals surface area contributed by atoms with Crippen molar-refractivity contribution in [3.63, 3.8) is 0 Å². The second-order valence-electron chi connectivity index (χ2n) is 4.47. The van der Waals surface area contributed by atoms with Gasteiger partial charge in [0.05, 0.1) is 5.69 Å². The lowest BCUT2D eigenvalue weighted by atomic mass is 10.3. The number of methoxy groups -OCH3 is 1. The maximum absolute atomic E-state index is 13.5. The van der Waals surface area contributed by atoms with Gasteiger partial charge in [0.1, 0.15) is 11.5 Å². The van der Waals surface area contributed by atoms with Crippen molar-refractivity contribution in [2.45, 2.75) is 6.42 Å². The number of anilines is 2. The number of nitrogens with zero attached hydrogens (tertiary/aromatic N) is 2. The van der Waals surface area contributed by atoms with Gasteiger partial charge in [0.15, 0.2) is 0 Å². The van der Waals surface area contributed by atoms with Crippen LogP contribution in [0.1, 0.15) is 16.9 Å². The van der Waals surface area contributed by atoms with Gasteiger partial charge < -0.3 is 15.4 Å². The van der Waals surface area contributed by atoms with Gasteiger partial charge in [-0.15, -0.1) is 0 Å². The second kappa shape index (κ2) is 8.04. The summed E-state index contributed by atoms with van der Waals surface area (Å²) in [6.07, 6.45) is 2.27. The van der Waals surface area contributed by atoms with Crippen molar-refractivity contribution in [1.29, 1.82) is 0 Å². The number of aromatic nitrogens is 2. The van der Waals surface area contributed by atoms with Crippen molar-refractivity contribution in [1.82, 2.24) is 9.97 Å². The van der Waals surface area contributed by atoms with Crippen LogP contribution in [0.25, 0.3) is 0 Å². The van der Waals surface area contributed by atoms with Crippen LogP contribution >= 0.6 is 0 Å². The number of benzene rings is 1. The molecule has 116 valence electrons. The highest BCUT2D eigenvalue weighted by Gasteiger charge is 2.11. The first-order valence-corrected chi connectivity index (χ1v) is 6.82. The molecule has 0 radical (unpaired) electrons. The van der Waals surface area contributed by atoms with E-state index in [9.17, 15) is 9.18 Å². The standard InChI is InChI=1S/C15H17FN4O2/c1-22-10-4-8-17-15-18-9-7-13(20-15)14(21)19-12-6-3-2-5-11(12)16/h2-3,5-7,9H,4,8,10H2,1H3,(H,19,21)(H,17,18,20). The first-order valence-electron chi connectivity index (χ1n) is 6.82. The molecule has 0 saturated carbocycles. The summed E-state index contributed by atoms with van der Waals surface area (Å²) in [4.78, 5) is 20.2. The van der Waals surface area contributed by atoms with Crippen LogP contribution in [-0.4, -0.2) is 36.1 Å². The van der Waals surface area contributed by atoms with E-state index in [4.69, 9.17) is 4.74 Å². The Balaban J connectivity index is 1.99. The maximum Gasteiger partial charge on any atom is 0.274 e. The van der Waals surface area contributed by atoms with Crippen LogP contribution < -0.4 is 10.6 Å². The molecule has 0 aliphatic rings. The van der Waals surface area contributed by atoms with Crippen molar-refractivity contribution >= 4 is 17.5 Å². The van der Waals surface area contributed by atoms with Gasteiger partial charge in [-0.1, -0.05) is 12.1 Å². The van der Waals surface area contributed by atoms with Gasteiger partial charge in [-0.25, -0.2) is 14.4 Å². The van der Waals surface area contributed by atoms with Crippen LogP contribution in [0.5, 0.6) is 0 Å². The molecule has 6 nitrogen and oxygen atoms in total. The minimum Gasteiger partial charge on any atom is -0.385 e. The predicted molar refractivity (Wildman–Crippen MR) is 81.4 cm³/mol. The zero-order valence-electron chi connectivity index (χ0n) is 12.2. The summed E-state index contributed by atoms with van der Waals surface area (Å²) in [5.74, 6) is -0.646. The molecular weight excluding hydrogens is 287 g/mol. The van der Waals surface area contributed by atoms with E-state index in [2.05, 4.69) is 20.6 Å². The Hall–Kier alpha value is -2.54. The number of rotatable bonds is 7. The first kappa shape index (κ1) is 15.8. The van der Waals surface area contributed by atoms with Crippen LogP contribution in [0, 0.1) is 5.82 Å². The quantitative estimate of drug-likeness (QED) is 0.768. The van der Waals surface area contributed by atoms with Crippen molar-refractivity contribution in [2.24, 2.45) is 0 Å². The van der Waals surface area contributed by atoms with Gasteiger partial charge in [0.25, 0.3) is 5.91 Å². The van der Waals surface area contributed by atoms with E-state index in [-0.39, 0.29) is 11.4 Å². The van der Waals surface area contributed by atoms with Crippen LogP contribution in [0.3, 0.4) is 0 Å². The van der Waals surface area contributed by atoms with Crippen LogP contribution in [0.15, 0.2) is 36.5 Å². The van der Waals surface area contributed by atoms with Crippen molar-refractivity contribution < 1.29 is 13.9 Å². The zero-order valence-corrected chi connectivity index (χ0v) is 12.2. The smallest absolute Gasteiger partial charge is 0.274 e. The summed E-state index contributed by atoms with van der Waals surface area (Å²) in [6, 6.07) is 7.42. The molecule has 2 rings (SSSR count). The van der Waals surface area contributed by atoms with E-state index in [0.29, 0.717) is 19.1 Å². The van der Waals surface area contributed by atoms with Crippen LogP contribution in [-0.2, 0) is 4.74 Å². The number of carbonyl (C=O) groups excluding carboxylic acids is 1. The fourth-order valence-corrected chi connectivity index (χ4v) is 1.74. The van der Waals surface area contributed by atoms with Crippen molar-refractivity contribution in [2.75, 3.05) is 30.9 Å². The molecule has 0 fully saturated rings. The third-order valence-corrected chi connectivity index (χ3v) is 2.82. The van der Waals surface area contributed by atoms with E-state index in [0.717, 1.165) is 6.42 Å². The first-order chi connectivity index (χ1) is 10.7. The van der Waals surface area contributed by atoms with Gasteiger partial charge in [0, 0.05) is 26.5 Å². The molecule has 1 amide bonds. The molecule has 22 heavy (non-hydrogen) atoms. The predicted octanol–water partition coefficient (Wildman–Crippen LogP) is 2.32. The van der Waals surface area contributed by atoms with Crippen LogP contribution in [0.4, 0.5) is 16.0 Å². The Labute approximate surface area is 127 Å². The molecule has 0 unspecified atom stereocenters. The van der Waals surface area contributed by atoms with E-state index < -0.39 is 11.7 Å². The highest BCUT2D eigenvalue weighted by atomic mass is 19.1. The average Bonchev–Trinajstić information content (AvgIpc) is 2.54. The highest BCUT2D eigenvalue weighted by molar-refractivity contribution is 6.03. The average molecular weight is 304 g/mol. The van der Waals surface area contributed by atoms with Gasteiger partial charge in [-0.2, -0.15) is 0 Å². The number of hydrogen-bond acceptors (Lipinski definition) is 5. The summed E-state index contributed by atoms with van der Waals surface area (Å²) in [5.41, 5.74) is 0.271. The SMILES string of the molecule is COCCCNc1nccc(C(=O)Nc2ccccc2F)n1. The molecule has 0 saturated heterocycles. The minimum absolute atomic E-state index is 0.112. The van der Waals surface area contributed by atoms with Gasteiger partial charge in [-0.05, 0) is 24.6 Å². The summed E-state index contributed by atoms with van der Waals surface area (Å²) in [7, 11) is 1.63. The molecule has 0 aliphatic carbocycles. The normalized spacial score (nSPS) is 10.3. The molecular formula is C15H17FN4O2. The summed E-state index contributed by atoms with van der Waals surface area (Å²) in [5, 5.41) is 5.47. The lowest BCUT2D eigenvalue weighted by molar-refractivity contribution is 0.102. The molecule has 1 aromatic carbocycles. The molecule has 0 spiro atoms. The zero-order chi connectivity index (χ0) is 15.8. The van der Waals surface area contributed by atoms with E-state index in [1.54, 1.807) is 19.2 Å². The topological polar surface area (TPSA) is 76.1 Å².